The van der Waals surface area contributed by atoms with E-state index in [1.54, 1.807) is 154 Å². The fraction of sp³-hybridized carbons (Fsp3) is 0.207. The van der Waals surface area contributed by atoms with E-state index in [2.05, 4.69) is 131 Å². The van der Waals surface area contributed by atoms with Gasteiger partial charge in [0.25, 0.3) is 41.9 Å². The van der Waals surface area contributed by atoms with Crippen LogP contribution < -0.4 is 125 Å². The van der Waals surface area contributed by atoms with E-state index in [9.17, 15) is 42.7 Å². The maximum Gasteiger partial charge on any atom is 1.00 e. The zero-order valence-electron chi connectivity index (χ0n) is 66.0. The zero-order chi connectivity index (χ0) is 84.0. The number of imide groups is 4. The maximum atomic E-state index is 12.3. The molecule has 0 aliphatic carbocycles. The number of aromatic amines is 1. The Morgan fingerprint density at radius 2 is 0.817 bits per heavy atom. The third kappa shape index (κ3) is 32.6. The average Bonchev–Trinajstić information content (AvgIpc) is 1.64. The number of hydrogen-bond donors (Lipinski definition) is 5. The molecule has 4 aliphatic heterocycles. The van der Waals surface area contributed by atoms with Gasteiger partial charge in [-0.25, -0.2) is 39.9 Å². The number of H-pyrrole nitrogens is 1. The number of rotatable bonds is 18. The van der Waals surface area contributed by atoms with Crippen LogP contribution in [-0.2, 0) is 29.3 Å². The smallest absolute Gasteiger partial charge is 0.662 e. The van der Waals surface area contributed by atoms with Crippen molar-refractivity contribution in [3.8, 4) is 0 Å². The van der Waals surface area contributed by atoms with Gasteiger partial charge in [0.05, 0.1) is 95.6 Å². The number of pyridine rings is 4. The molecule has 0 saturated heterocycles. The summed E-state index contributed by atoms with van der Waals surface area (Å²) in [4.78, 5) is 146. The minimum Gasteiger partial charge on any atom is -0.662 e. The molecule has 31 nitrogen and oxygen atoms in total. The van der Waals surface area contributed by atoms with Crippen molar-refractivity contribution in [1.82, 2.24) is 73.3 Å². The second kappa shape index (κ2) is 62.5. The van der Waals surface area contributed by atoms with Crippen molar-refractivity contribution in [3.05, 3.63) is 294 Å². The summed E-state index contributed by atoms with van der Waals surface area (Å²) in [6, 6.07) is 42.7. The van der Waals surface area contributed by atoms with Crippen LogP contribution in [0.5, 0.6) is 0 Å². The van der Waals surface area contributed by atoms with Crippen LogP contribution in [0.3, 0.4) is 0 Å². The molecule has 0 saturated carbocycles. The van der Waals surface area contributed by atoms with Crippen molar-refractivity contribution in [3.63, 3.8) is 0 Å². The number of carbonyl (C=O) groups excluding carboxylic acids is 9. The molecule has 1 radical (unpaired) electrons. The second-order valence-corrected chi connectivity index (χ2v) is 24.9. The van der Waals surface area contributed by atoms with Crippen molar-refractivity contribution in [1.29, 1.82) is 0 Å². The van der Waals surface area contributed by atoms with E-state index in [1.807, 2.05) is 94.4 Å². The number of aliphatic hydroxyl groups is 1. The third-order valence-corrected chi connectivity index (χ3v) is 17.0. The molecule has 0 unspecified atom stereocenters. The Bertz CT molecular complexity index is 5020. The van der Waals surface area contributed by atoms with Crippen LogP contribution in [0.1, 0.15) is 119 Å². The minimum absolute atomic E-state index is 0. The first kappa shape index (κ1) is 108. The standard InChI is InChI=1S/2C18H14N4O2.C12H10BrNO2.C10H14N4.C8H5NO2.C6H5N3.C4H6Br2.C2H6O.CH3F.CH2O3.2CH4.3K.H4N2/c23-17-13-6-1-2-7-14(13)18(24)22(17)11-4-3-10-21-12-20-16-15(21)8-5-9-19-16;23-17-13-6-1-2-7-14(13)18(24)22(17)11-4-3-10-21-12-20-15-8-5-9-19-16(15)21;13-7-3-4-8-14-11(15)9-5-1-2-6-10(9)12(14)16;11-5-1-2-7-14-8-13-10-9(14)4-3-6-12-10;10-7-5-3-1-2-4-6(5)8(11)9-7;1-2-5-6(7-3-1)9-4-8-5;5-3-1-2-4-6;1-2-3;1-2;2-1-4-3;;;;;;1-2/h2*1-9,12H,10-11H2;1-6H,7-8H2;3-4,6,8H,1-2,5,7,11H2;1-4H,(H,9,10,11);1-4H,(H,7,8,9);1-2H,3-4H2;3H,2H2,1H3;1H3;1,3H;2*1H4;;;;1-2H2/q;;;;;;;;;;;;;2*+1;/p-2/b3*4-3+;;;;2-1+;;;;;;;;;/i;;;;;;;;1D;;;;;;;. The molecule has 4 aliphatic rings. The summed E-state index contributed by atoms with van der Waals surface area (Å²) in [5, 5.41) is 21.9. The summed E-state index contributed by atoms with van der Waals surface area (Å²) in [5.74, 6) is 5.77. The maximum absolute atomic E-state index is 12.3. The summed E-state index contributed by atoms with van der Waals surface area (Å²) in [7, 11) is -1.00. The van der Waals surface area contributed by atoms with Crippen LogP contribution in [0.2, 0.25) is 0 Å². The number of hydrogen-bond acceptors (Lipinski definition) is 23. The first-order valence-corrected chi connectivity index (χ1v) is 38.2. The van der Waals surface area contributed by atoms with Crippen LogP contribution in [0.4, 0.5) is 4.39 Å². The van der Waals surface area contributed by atoms with Crippen LogP contribution in [0.15, 0.2) is 244 Å². The van der Waals surface area contributed by atoms with Gasteiger partial charge in [0.2, 0.25) is 0 Å². The number of nitrogens with two attached hydrogens (primary N) is 3. The van der Waals surface area contributed by atoms with Gasteiger partial charge in [0.1, 0.15) is 5.52 Å². The predicted molar refractivity (Wildman–Crippen MR) is 461 cm³/mol. The summed E-state index contributed by atoms with van der Waals surface area (Å²) in [6.45, 7) is 5.51. The van der Waals surface area contributed by atoms with Gasteiger partial charge < -0.3 is 54.6 Å². The number of benzene rings is 4. The Labute approximate surface area is 847 Å². The Morgan fingerprint density at radius 1 is 0.483 bits per heavy atom. The fourth-order valence-corrected chi connectivity index (χ4v) is 11.5. The van der Waals surface area contributed by atoms with Crippen LogP contribution >= 0.6 is 47.8 Å². The number of halogens is 4. The fourth-order valence-electron chi connectivity index (χ4n) is 10.7. The molecule has 0 bridgehead atoms. The van der Waals surface area contributed by atoms with E-state index in [0.717, 1.165) is 80.9 Å². The molecule has 0 fully saturated rings. The quantitative estimate of drug-likeness (QED) is 0.00831. The van der Waals surface area contributed by atoms with Crippen LogP contribution in [-0.4, -0.2) is 239 Å². The van der Waals surface area contributed by atoms with Gasteiger partial charge in [0.15, 0.2) is 22.6 Å². The molecule has 38 heteroatoms. The molecule has 0 spiro atoms. The van der Waals surface area contributed by atoms with Crippen molar-refractivity contribution in [2.24, 2.45) is 17.4 Å². The number of imidazole rings is 4. The Morgan fingerprint density at radius 3 is 1.22 bits per heavy atom. The minimum atomic E-state index is -1.00. The first-order valence-electron chi connectivity index (χ1n) is 35.6. The van der Waals surface area contributed by atoms with Gasteiger partial charge in [-0.05, 0) is 111 Å². The summed E-state index contributed by atoms with van der Waals surface area (Å²) in [6.07, 6.45) is 31.2. The number of nitrogens with one attached hydrogen (secondary N) is 1. The van der Waals surface area contributed by atoms with Gasteiger partial charge in [0, 0.05) is 149 Å². The summed E-state index contributed by atoms with van der Waals surface area (Å²) in [5.41, 5.74) is 16.1. The number of amides is 8. The van der Waals surface area contributed by atoms with Crippen molar-refractivity contribution in [2.45, 2.75) is 54.3 Å². The van der Waals surface area contributed by atoms with E-state index in [4.69, 9.17) is 22.3 Å². The van der Waals surface area contributed by atoms with E-state index in [0.29, 0.717) is 69.8 Å². The van der Waals surface area contributed by atoms with E-state index in [1.165, 1.54) is 14.7 Å². The van der Waals surface area contributed by atoms with E-state index < -0.39 is 19.0 Å². The monoisotopic (exact) mass is 1910 g/mol. The number of fused-ring (bicyclic) bond motifs is 8. The van der Waals surface area contributed by atoms with Crippen LogP contribution in [0.25, 0.3) is 50.0 Å². The molecule has 615 valence electrons. The summed E-state index contributed by atoms with van der Waals surface area (Å²) >= 11 is 9.73. The second-order valence-electron chi connectivity index (χ2n) is 23.0. The van der Waals surface area contributed by atoms with Gasteiger partial charge >= 0.3 is 103 Å². The molecule has 16 rings (SSSR count). The normalized spacial score (nSPS) is 12.1. The topological polar surface area (TPSA) is 442 Å². The molecule has 0 atom stereocenters. The number of aromatic nitrogens is 12. The zero-order valence-corrected chi connectivity index (χ0v) is 79.1. The largest absolute Gasteiger partial charge is 1.00 e. The molecule has 8 N–H and O–H groups in total. The van der Waals surface area contributed by atoms with Gasteiger partial charge in [-0.3, -0.25) is 64.3 Å². The van der Waals surface area contributed by atoms with Crippen molar-refractivity contribution in [2.75, 3.05) is 55.9 Å². The average molecular weight is 1910 g/mol. The molecule has 120 heavy (non-hydrogen) atoms. The molecule has 12 heterocycles. The SMILES string of the molecule is BrC/C=C/CBr.C.C.CCO.NCCCCn1cnc2ncccc21.NN.O=C1[N-]C(=O)c2ccccc21.O=C1c2ccccc2C(=O)N1C/C=C/CBr.O=C1c2ccccc2C(=O)N1C/C=C/Cn1cnc2cccnc21.O=C1c2ccccc2C(=O)N1C/C=C/Cn1cnc2ncccc21.O=CO[O-].[2H]CF.[K+].[K+].[K].c1cnc2nc[nH]c2c1. The predicted octanol–water partition coefficient (Wildman–Crippen LogP) is 5.35. The Hall–Kier alpha value is -7.57. The van der Waals surface area contributed by atoms with Crippen molar-refractivity contribution >= 4 is 198 Å². The molecule has 8 aromatic heterocycles. The number of unbranched alkanes of at least 4 members (excludes halogenated alkanes) is 1. The van der Waals surface area contributed by atoms with Crippen LogP contribution in [0, 0.1) is 0 Å². The number of nitrogens with zero attached hydrogens (tertiary/aromatic N) is 15. The number of aryl methyl sites for hydroxylation is 1. The molecular formula is C82H89Br3FK3N19O12. The summed E-state index contributed by atoms with van der Waals surface area (Å²) < 4.78 is 21.5. The van der Waals surface area contributed by atoms with Gasteiger partial charge in [-0.2, -0.15) is 0 Å². The molecule has 8 amide bonds. The molecular weight excluding hydrogens is 1820 g/mol. The van der Waals surface area contributed by atoms with Gasteiger partial charge in [-0.15, -0.1) is 0 Å². The van der Waals surface area contributed by atoms with E-state index >= 15 is 0 Å². The Balaban J connectivity index is 0.000000707. The number of aliphatic hydroxyl groups excluding tert-OH is 1. The third-order valence-electron chi connectivity index (χ3n) is 15.9. The number of alkyl halides is 4. The van der Waals surface area contributed by atoms with E-state index in [-0.39, 0.29) is 231 Å². The van der Waals surface area contributed by atoms with Crippen molar-refractivity contribution < 1.29 is 167 Å². The molecule has 4 aromatic carbocycles. The first-order chi connectivity index (χ1) is 56.6. The van der Waals surface area contributed by atoms with Gasteiger partial charge in [-0.1, -0.05) is 172 Å². The number of carbonyl (C=O) groups is 9. The Kier molecular flexibility index (Phi) is 56.5. The molecule has 12 aromatic rings. The number of hydrazine groups is 1. The number of allylic oxidation sites excluding steroid dienone is 5.